The highest BCUT2D eigenvalue weighted by molar-refractivity contribution is 6.00. The summed E-state index contributed by atoms with van der Waals surface area (Å²) in [7, 11) is 0. The number of nitrogens with zero attached hydrogens (tertiary/aromatic N) is 1. The Morgan fingerprint density at radius 1 is 1.09 bits per heavy atom. The second kappa shape index (κ2) is 8.77. The topological polar surface area (TPSA) is 77.2 Å². The van der Waals surface area contributed by atoms with Crippen molar-refractivity contribution in [2.45, 2.75) is 31.4 Å². The molecule has 0 saturated heterocycles. The van der Waals surface area contributed by atoms with Crippen LogP contribution < -0.4 is 15.8 Å². The van der Waals surface area contributed by atoms with Crippen molar-refractivity contribution in [3.63, 3.8) is 0 Å². The number of hydrogen-bond donors (Lipinski definition) is 2. The van der Waals surface area contributed by atoms with Gasteiger partial charge in [0.25, 0.3) is 0 Å². The molecule has 0 atom stereocenters. The van der Waals surface area contributed by atoms with Gasteiger partial charge in [-0.05, 0) is 47.6 Å². The van der Waals surface area contributed by atoms with Gasteiger partial charge >= 0.3 is 6.18 Å². The Balaban J connectivity index is 1.63. The molecular formula is C25H24F3N3O2. The third kappa shape index (κ3) is 4.37. The summed E-state index contributed by atoms with van der Waals surface area (Å²) in [5.41, 5.74) is 9.04. The van der Waals surface area contributed by atoms with Crippen LogP contribution in [0.4, 0.5) is 18.9 Å². The van der Waals surface area contributed by atoms with E-state index < -0.39 is 24.0 Å². The number of nitrogens with two attached hydrogens (primary N) is 1. The quantitative estimate of drug-likeness (QED) is 0.503. The number of anilines is 1. The number of ether oxygens (including phenoxy) is 1. The monoisotopic (exact) mass is 455 g/mol. The number of amides is 1. The molecule has 3 N–H and O–H groups in total. The van der Waals surface area contributed by atoms with Crippen LogP contribution in [0.2, 0.25) is 0 Å². The number of nitrogen functional groups attached to an aromatic ring is 1. The van der Waals surface area contributed by atoms with Crippen molar-refractivity contribution in [3.05, 3.63) is 77.5 Å². The predicted octanol–water partition coefficient (Wildman–Crippen LogP) is 4.78. The fourth-order valence-corrected chi connectivity index (χ4v) is 4.42. The third-order valence-corrected chi connectivity index (χ3v) is 5.97. The largest absolute Gasteiger partial charge is 0.478 e. The first-order valence-electron chi connectivity index (χ1n) is 10.6. The van der Waals surface area contributed by atoms with Crippen molar-refractivity contribution in [2.75, 3.05) is 18.9 Å². The molecule has 0 unspecified atom stereocenters. The van der Waals surface area contributed by atoms with Crippen molar-refractivity contribution in [3.8, 4) is 17.0 Å². The van der Waals surface area contributed by atoms with Gasteiger partial charge in [0.05, 0.1) is 18.5 Å². The molecule has 1 aromatic heterocycles. The number of hydrogen-bond acceptors (Lipinski definition) is 4. The normalized spacial score (nSPS) is 13.8. The van der Waals surface area contributed by atoms with Crippen LogP contribution in [0.1, 0.15) is 29.5 Å². The van der Waals surface area contributed by atoms with Crippen LogP contribution in [-0.4, -0.2) is 30.2 Å². The van der Waals surface area contributed by atoms with E-state index in [2.05, 4.69) is 10.3 Å². The number of aryl methyl sites for hydroxylation is 1. The van der Waals surface area contributed by atoms with E-state index in [4.69, 9.17) is 10.5 Å². The van der Waals surface area contributed by atoms with Crippen LogP contribution in [0.3, 0.4) is 0 Å². The zero-order valence-electron chi connectivity index (χ0n) is 18.1. The second-order valence-corrected chi connectivity index (χ2v) is 8.13. The molecule has 1 amide bonds. The number of benzene rings is 2. The zero-order chi connectivity index (χ0) is 23.6. The molecule has 0 aliphatic heterocycles. The summed E-state index contributed by atoms with van der Waals surface area (Å²) in [5, 5.41) is 2.13. The maximum Gasteiger partial charge on any atom is 0.405 e. The minimum atomic E-state index is -4.50. The summed E-state index contributed by atoms with van der Waals surface area (Å²) in [5.74, 6) is -0.261. The number of carbonyl (C=O) groups is 1. The summed E-state index contributed by atoms with van der Waals surface area (Å²) in [6.07, 6.45) is -2.29. The summed E-state index contributed by atoms with van der Waals surface area (Å²) < 4.78 is 44.5. The van der Waals surface area contributed by atoms with Crippen LogP contribution in [0, 0.1) is 6.92 Å². The van der Waals surface area contributed by atoms with Gasteiger partial charge in [-0.1, -0.05) is 48.5 Å². The lowest BCUT2D eigenvalue weighted by atomic mass is 9.73. The minimum Gasteiger partial charge on any atom is -0.478 e. The number of nitrogens with one attached hydrogen (secondary N) is 1. The molecule has 1 aliphatic carbocycles. The number of fused-ring (bicyclic) bond motifs is 3. The zero-order valence-corrected chi connectivity index (χ0v) is 18.1. The predicted molar refractivity (Wildman–Crippen MR) is 120 cm³/mol. The van der Waals surface area contributed by atoms with E-state index in [0.717, 1.165) is 16.7 Å². The van der Waals surface area contributed by atoms with Crippen molar-refractivity contribution in [2.24, 2.45) is 0 Å². The number of halogens is 3. The molecule has 0 saturated carbocycles. The van der Waals surface area contributed by atoms with Crippen molar-refractivity contribution < 1.29 is 22.7 Å². The van der Waals surface area contributed by atoms with Gasteiger partial charge in [0.15, 0.2) is 0 Å². The van der Waals surface area contributed by atoms with E-state index in [9.17, 15) is 18.0 Å². The molecule has 1 aliphatic rings. The van der Waals surface area contributed by atoms with Crippen LogP contribution in [0.5, 0.6) is 5.88 Å². The Morgan fingerprint density at radius 3 is 2.27 bits per heavy atom. The Bertz CT molecular complexity index is 1130. The Labute approximate surface area is 189 Å². The summed E-state index contributed by atoms with van der Waals surface area (Å²) in [6.45, 7) is 0.703. The molecule has 0 radical (unpaired) electrons. The van der Waals surface area contributed by atoms with Gasteiger partial charge in [-0.3, -0.25) is 4.79 Å². The SMILES string of the molecule is Cc1cc(OCCCC2(C(=O)NCC(F)(F)F)c3ccccc3-c3ccccc32)ncc1N. The highest BCUT2D eigenvalue weighted by Crippen LogP contribution is 2.51. The van der Waals surface area contributed by atoms with Gasteiger partial charge in [-0.15, -0.1) is 0 Å². The molecule has 1 heterocycles. The van der Waals surface area contributed by atoms with Gasteiger partial charge in [-0.2, -0.15) is 13.2 Å². The Morgan fingerprint density at radius 2 is 1.70 bits per heavy atom. The highest BCUT2D eigenvalue weighted by atomic mass is 19.4. The molecular weight excluding hydrogens is 431 g/mol. The maximum absolute atomic E-state index is 13.4. The van der Waals surface area contributed by atoms with Crippen LogP contribution >= 0.6 is 0 Å². The standard InChI is InChI=1S/C25H24F3N3O2/c1-16-13-22(30-14-21(16)29)33-12-6-11-24(23(32)31-15-25(26,27)28)19-9-4-2-7-17(19)18-8-3-5-10-20(18)24/h2-5,7-10,13-14H,6,11-12,15,29H2,1H3,(H,31,32). The second-order valence-electron chi connectivity index (χ2n) is 8.13. The number of aromatic nitrogens is 1. The molecule has 8 heteroatoms. The molecule has 33 heavy (non-hydrogen) atoms. The maximum atomic E-state index is 13.4. The fourth-order valence-electron chi connectivity index (χ4n) is 4.42. The van der Waals surface area contributed by atoms with Crippen LogP contribution in [0.15, 0.2) is 60.8 Å². The van der Waals surface area contributed by atoms with Gasteiger partial charge in [0, 0.05) is 6.07 Å². The molecule has 0 bridgehead atoms. The molecule has 172 valence electrons. The van der Waals surface area contributed by atoms with Crippen molar-refractivity contribution >= 4 is 11.6 Å². The number of rotatable bonds is 7. The molecule has 3 aromatic rings. The average Bonchev–Trinajstić information content (AvgIpc) is 3.08. The van der Waals surface area contributed by atoms with Crippen LogP contribution in [-0.2, 0) is 10.2 Å². The summed E-state index contributed by atoms with van der Waals surface area (Å²) in [6, 6.07) is 16.5. The van der Waals surface area contributed by atoms with Gasteiger partial charge in [0.1, 0.15) is 12.0 Å². The average molecular weight is 455 g/mol. The number of alkyl halides is 3. The lowest BCUT2D eigenvalue weighted by Crippen LogP contribution is -2.47. The van der Waals surface area contributed by atoms with E-state index in [1.54, 1.807) is 18.2 Å². The fraction of sp³-hybridized carbons (Fsp3) is 0.280. The molecule has 5 nitrogen and oxygen atoms in total. The van der Waals surface area contributed by atoms with Crippen molar-refractivity contribution in [1.82, 2.24) is 10.3 Å². The number of carbonyl (C=O) groups excluding carboxylic acids is 1. The van der Waals surface area contributed by atoms with Crippen molar-refractivity contribution in [1.29, 1.82) is 0 Å². The third-order valence-electron chi connectivity index (χ3n) is 5.97. The lowest BCUT2D eigenvalue weighted by Gasteiger charge is -2.31. The Kier molecular flexibility index (Phi) is 6.01. The van der Waals surface area contributed by atoms with E-state index in [-0.39, 0.29) is 13.0 Å². The van der Waals surface area contributed by atoms with Gasteiger partial charge < -0.3 is 15.8 Å². The first kappa shape index (κ1) is 22.6. The Hall–Kier alpha value is -3.55. The van der Waals surface area contributed by atoms with E-state index in [1.165, 1.54) is 6.20 Å². The van der Waals surface area contributed by atoms with Crippen LogP contribution in [0.25, 0.3) is 11.1 Å². The van der Waals surface area contributed by atoms with E-state index >= 15 is 0 Å². The molecule has 0 fully saturated rings. The lowest BCUT2D eigenvalue weighted by molar-refractivity contribution is -0.141. The van der Waals surface area contributed by atoms with Gasteiger partial charge in [-0.25, -0.2) is 4.98 Å². The minimum absolute atomic E-state index is 0.245. The van der Waals surface area contributed by atoms with Gasteiger partial charge in [0.2, 0.25) is 11.8 Å². The van der Waals surface area contributed by atoms with E-state index in [1.807, 2.05) is 43.3 Å². The molecule has 0 spiro atoms. The number of pyridine rings is 1. The summed E-state index contributed by atoms with van der Waals surface area (Å²) >= 11 is 0. The molecule has 4 rings (SSSR count). The first-order chi connectivity index (χ1) is 15.7. The highest BCUT2D eigenvalue weighted by Gasteiger charge is 2.49. The molecule has 2 aromatic carbocycles. The summed E-state index contributed by atoms with van der Waals surface area (Å²) in [4.78, 5) is 17.5. The van der Waals surface area contributed by atoms with E-state index in [0.29, 0.717) is 29.1 Å². The smallest absolute Gasteiger partial charge is 0.405 e. The first-order valence-corrected chi connectivity index (χ1v) is 10.6.